The summed E-state index contributed by atoms with van der Waals surface area (Å²) in [6.07, 6.45) is 0. The van der Waals surface area contributed by atoms with Crippen molar-refractivity contribution < 1.29 is 0 Å². The van der Waals surface area contributed by atoms with Crippen LogP contribution in [0.2, 0.25) is 0 Å². The smallest absolute Gasteiger partial charge is 0.164 e. The molecule has 12 aromatic rings. The van der Waals surface area contributed by atoms with Gasteiger partial charge >= 0.3 is 0 Å². The predicted octanol–water partition coefficient (Wildman–Crippen LogP) is 15.3. The fraction of sp³-hybridized carbons (Fsp3) is 0. The SMILES string of the molecule is c1ccc(-c2ccc(-c3ccc(-c4nc(-c5ccccc5)nc(-c5ccccc5)n4)c(-c4cc(-n5c6ccccc6c6ccccc65)cc5c4sc4ccccc45)c3)cc2)cc1. The van der Waals surface area contributed by atoms with E-state index in [4.69, 9.17) is 15.0 Å². The molecule has 290 valence electrons. The molecular formula is C57H36N4S. The number of rotatable bonds is 7. The Morgan fingerprint density at radius 2 is 0.774 bits per heavy atom. The summed E-state index contributed by atoms with van der Waals surface area (Å²) in [5.41, 5.74) is 13.1. The normalized spacial score (nSPS) is 11.5. The molecule has 3 aromatic heterocycles. The Morgan fingerprint density at radius 3 is 1.39 bits per heavy atom. The lowest BCUT2D eigenvalue weighted by molar-refractivity contribution is 1.07. The summed E-state index contributed by atoms with van der Waals surface area (Å²) in [5, 5.41) is 4.92. The van der Waals surface area contributed by atoms with Crippen LogP contribution in [0.15, 0.2) is 218 Å². The van der Waals surface area contributed by atoms with Crippen LogP contribution < -0.4 is 0 Å². The molecule has 0 aliphatic rings. The minimum absolute atomic E-state index is 0.621. The summed E-state index contributed by atoms with van der Waals surface area (Å²) in [4.78, 5) is 15.6. The van der Waals surface area contributed by atoms with Crippen LogP contribution in [-0.2, 0) is 0 Å². The van der Waals surface area contributed by atoms with Crippen LogP contribution in [0.1, 0.15) is 0 Å². The first-order valence-corrected chi connectivity index (χ1v) is 21.7. The van der Waals surface area contributed by atoms with Gasteiger partial charge in [0.25, 0.3) is 0 Å². The topological polar surface area (TPSA) is 43.6 Å². The van der Waals surface area contributed by atoms with Crippen molar-refractivity contribution in [1.29, 1.82) is 0 Å². The Bertz CT molecular complexity index is 3500. The average Bonchev–Trinajstić information content (AvgIpc) is 3.90. The van der Waals surface area contributed by atoms with Crippen molar-refractivity contribution in [2.45, 2.75) is 0 Å². The predicted molar refractivity (Wildman–Crippen MR) is 260 cm³/mol. The molecule has 12 rings (SSSR count). The summed E-state index contributed by atoms with van der Waals surface area (Å²) < 4.78 is 4.89. The van der Waals surface area contributed by atoms with Gasteiger partial charge in [0.15, 0.2) is 17.5 Å². The number of nitrogens with zero attached hydrogens (tertiary/aromatic N) is 4. The molecule has 0 saturated heterocycles. The molecule has 5 heteroatoms. The van der Waals surface area contributed by atoms with Gasteiger partial charge in [-0.3, -0.25) is 0 Å². The van der Waals surface area contributed by atoms with Crippen molar-refractivity contribution in [3.05, 3.63) is 218 Å². The summed E-state index contributed by atoms with van der Waals surface area (Å²) >= 11 is 1.84. The van der Waals surface area contributed by atoms with E-state index in [1.807, 2.05) is 47.7 Å². The van der Waals surface area contributed by atoms with E-state index in [1.165, 1.54) is 53.1 Å². The summed E-state index contributed by atoms with van der Waals surface area (Å²) in [6, 6.07) is 77.6. The van der Waals surface area contributed by atoms with E-state index in [9.17, 15) is 0 Å². The van der Waals surface area contributed by atoms with E-state index >= 15 is 0 Å². The Hall–Kier alpha value is -7.99. The minimum Gasteiger partial charge on any atom is -0.309 e. The highest BCUT2D eigenvalue weighted by molar-refractivity contribution is 7.26. The van der Waals surface area contributed by atoms with E-state index < -0.39 is 0 Å². The van der Waals surface area contributed by atoms with Crippen LogP contribution in [0, 0.1) is 0 Å². The van der Waals surface area contributed by atoms with Gasteiger partial charge in [0.05, 0.1) is 11.0 Å². The lowest BCUT2D eigenvalue weighted by Crippen LogP contribution is -2.01. The van der Waals surface area contributed by atoms with Crippen molar-refractivity contribution in [2.75, 3.05) is 0 Å². The first-order chi connectivity index (χ1) is 30.7. The zero-order chi connectivity index (χ0) is 41.0. The van der Waals surface area contributed by atoms with Crippen LogP contribution in [-0.4, -0.2) is 19.5 Å². The Labute approximate surface area is 362 Å². The molecular weight excluding hydrogens is 773 g/mol. The molecule has 0 bridgehead atoms. The van der Waals surface area contributed by atoms with Gasteiger partial charge < -0.3 is 4.57 Å². The van der Waals surface area contributed by atoms with E-state index in [2.05, 4.69) is 187 Å². The van der Waals surface area contributed by atoms with Gasteiger partial charge in [0.2, 0.25) is 0 Å². The highest BCUT2D eigenvalue weighted by atomic mass is 32.1. The highest BCUT2D eigenvalue weighted by Crippen LogP contribution is 2.46. The van der Waals surface area contributed by atoms with Crippen LogP contribution >= 0.6 is 11.3 Å². The lowest BCUT2D eigenvalue weighted by atomic mass is 9.92. The molecule has 0 saturated carbocycles. The maximum absolute atomic E-state index is 5.29. The molecule has 9 aromatic carbocycles. The van der Waals surface area contributed by atoms with E-state index in [0.717, 1.165) is 44.6 Å². The van der Waals surface area contributed by atoms with Crippen LogP contribution in [0.4, 0.5) is 0 Å². The molecule has 0 aliphatic carbocycles. The fourth-order valence-corrected chi connectivity index (χ4v) is 10.1. The summed E-state index contributed by atoms with van der Waals surface area (Å²) in [5.74, 6) is 1.88. The Kier molecular flexibility index (Phi) is 8.65. The van der Waals surface area contributed by atoms with Crippen molar-refractivity contribution in [1.82, 2.24) is 19.5 Å². The molecule has 3 heterocycles. The second kappa shape index (κ2) is 14.9. The molecule has 62 heavy (non-hydrogen) atoms. The third kappa shape index (κ3) is 6.18. The molecule has 0 N–H and O–H groups in total. The number of para-hydroxylation sites is 2. The van der Waals surface area contributed by atoms with Crippen molar-refractivity contribution >= 4 is 53.3 Å². The van der Waals surface area contributed by atoms with Gasteiger partial charge in [-0.25, -0.2) is 15.0 Å². The molecule has 0 spiro atoms. The van der Waals surface area contributed by atoms with Gasteiger partial charge in [-0.2, -0.15) is 0 Å². The zero-order valence-electron chi connectivity index (χ0n) is 33.5. The quantitative estimate of drug-likeness (QED) is 0.161. The molecule has 0 fully saturated rings. The minimum atomic E-state index is 0.621. The molecule has 0 aliphatic heterocycles. The largest absolute Gasteiger partial charge is 0.309 e. The molecule has 0 unspecified atom stereocenters. The summed E-state index contributed by atoms with van der Waals surface area (Å²) in [7, 11) is 0. The van der Waals surface area contributed by atoms with Crippen molar-refractivity contribution in [3.8, 4) is 73.2 Å². The van der Waals surface area contributed by atoms with Crippen LogP contribution in [0.5, 0.6) is 0 Å². The number of fused-ring (bicyclic) bond motifs is 6. The fourth-order valence-electron chi connectivity index (χ4n) is 8.90. The van der Waals surface area contributed by atoms with E-state index in [1.54, 1.807) is 0 Å². The monoisotopic (exact) mass is 808 g/mol. The van der Waals surface area contributed by atoms with Crippen LogP contribution in [0.25, 0.3) is 115 Å². The Morgan fingerprint density at radius 1 is 0.306 bits per heavy atom. The zero-order valence-corrected chi connectivity index (χ0v) is 34.3. The van der Waals surface area contributed by atoms with Gasteiger partial charge in [-0.1, -0.05) is 176 Å². The third-order valence-corrected chi connectivity index (χ3v) is 13.1. The number of thiophene rings is 1. The van der Waals surface area contributed by atoms with Crippen molar-refractivity contribution in [3.63, 3.8) is 0 Å². The van der Waals surface area contributed by atoms with Crippen LogP contribution in [0.3, 0.4) is 0 Å². The summed E-state index contributed by atoms with van der Waals surface area (Å²) in [6.45, 7) is 0. The first-order valence-electron chi connectivity index (χ1n) is 20.8. The van der Waals surface area contributed by atoms with E-state index in [0.29, 0.717) is 17.5 Å². The second-order valence-corrected chi connectivity index (χ2v) is 16.6. The van der Waals surface area contributed by atoms with Gasteiger partial charge in [0.1, 0.15) is 0 Å². The first kappa shape index (κ1) is 35.9. The molecule has 0 amide bonds. The van der Waals surface area contributed by atoms with Gasteiger partial charge in [-0.15, -0.1) is 11.3 Å². The second-order valence-electron chi connectivity index (χ2n) is 15.6. The van der Waals surface area contributed by atoms with Gasteiger partial charge in [0, 0.05) is 58.9 Å². The van der Waals surface area contributed by atoms with Crippen molar-refractivity contribution in [2.24, 2.45) is 0 Å². The molecule has 4 nitrogen and oxygen atoms in total. The molecule has 0 radical (unpaired) electrons. The standard InChI is InChI=1S/C57H36N4S/c1-4-16-37(17-5-1)38-28-30-39(31-29-38)42-32-33-47(57-59-55(40-18-6-2-7-19-40)58-56(60-57)41-20-8-3-9-21-41)48(34-42)50-36-43(35-49-46-24-12-15-27-53(46)62-54(49)50)61-51-25-13-10-22-44(51)45-23-11-14-26-52(45)61/h1-36H. The number of aromatic nitrogens is 4. The Balaban J connectivity index is 1.16. The maximum atomic E-state index is 5.29. The third-order valence-electron chi connectivity index (χ3n) is 11.9. The number of benzene rings is 9. The lowest BCUT2D eigenvalue weighted by Gasteiger charge is -2.17. The maximum Gasteiger partial charge on any atom is 0.164 e. The average molecular weight is 809 g/mol. The number of hydrogen-bond acceptors (Lipinski definition) is 4. The van der Waals surface area contributed by atoms with Gasteiger partial charge in [-0.05, 0) is 70.3 Å². The molecule has 0 atom stereocenters. The van der Waals surface area contributed by atoms with E-state index in [-0.39, 0.29) is 0 Å². The highest BCUT2D eigenvalue weighted by Gasteiger charge is 2.22. The number of hydrogen-bond donors (Lipinski definition) is 0.